The van der Waals surface area contributed by atoms with Crippen LogP contribution in [0.2, 0.25) is 5.02 Å². The van der Waals surface area contributed by atoms with Crippen molar-refractivity contribution in [1.29, 1.82) is 0 Å². The first-order valence-electron chi connectivity index (χ1n) is 10.0. The Morgan fingerprint density at radius 1 is 1.09 bits per heavy atom. The maximum Gasteiger partial charge on any atom is 0.325 e. The molecule has 1 saturated carbocycles. The van der Waals surface area contributed by atoms with Crippen LogP contribution in [0.1, 0.15) is 29.9 Å². The number of carbonyl (C=O) groups is 2. The largest absolute Gasteiger partial charge is 0.481 e. The average molecular weight is 506 g/mol. The molecule has 0 unspecified atom stereocenters. The minimum atomic E-state index is -4.08. The molecular weight excluding hydrogens is 486 g/mol. The van der Waals surface area contributed by atoms with Crippen LogP contribution >= 0.6 is 22.9 Å². The molecule has 1 aliphatic carbocycles. The van der Waals surface area contributed by atoms with Gasteiger partial charge in [0, 0.05) is 22.2 Å². The molecule has 0 spiro atoms. The van der Waals surface area contributed by atoms with E-state index in [4.69, 9.17) is 16.7 Å². The van der Waals surface area contributed by atoms with Crippen molar-refractivity contribution in [3.8, 4) is 10.4 Å². The smallest absolute Gasteiger partial charge is 0.325 e. The van der Waals surface area contributed by atoms with Crippen LogP contribution in [0.5, 0.6) is 0 Å². The molecule has 4 rings (SSSR count). The van der Waals surface area contributed by atoms with E-state index in [2.05, 4.69) is 4.72 Å². The molecule has 3 N–H and O–H groups in total. The van der Waals surface area contributed by atoms with Crippen molar-refractivity contribution in [2.24, 2.45) is 0 Å². The van der Waals surface area contributed by atoms with Crippen LogP contribution < -0.4 is 4.72 Å². The Labute approximate surface area is 199 Å². The van der Waals surface area contributed by atoms with E-state index in [9.17, 15) is 23.1 Å². The van der Waals surface area contributed by atoms with Crippen LogP contribution in [0.4, 0.5) is 0 Å². The fourth-order valence-corrected chi connectivity index (χ4v) is 6.64. The molecule has 7 nitrogen and oxygen atoms in total. The molecule has 10 heteroatoms. The standard InChI is InChI=1S/C23H20ClNO6S2/c24-17-7-5-15(6-8-17)19-9-11-21(32-19)33(30,31)25-23(22(28)29)13-18(23)16-3-1-2-14(12-16)4-10-20(26)27/h1-3,5-9,11-12,18,25H,4,10,13H2,(H,26,27)(H,28,29)/t18-,23+/m0/s1. The monoisotopic (exact) mass is 505 g/mol. The highest BCUT2D eigenvalue weighted by Crippen LogP contribution is 2.52. The summed E-state index contributed by atoms with van der Waals surface area (Å²) in [4.78, 5) is 23.7. The number of halogens is 1. The van der Waals surface area contributed by atoms with E-state index >= 15 is 0 Å². The summed E-state index contributed by atoms with van der Waals surface area (Å²) >= 11 is 6.95. The molecule has 33 heavy (non-hydrogen) atoms. The Hall–Kier alpha value is -2.72. The molecule has 2 aromatic carbocycles. The first-order valence-corrected chi connectivity index (χ1v) is 12.7. The van der Waals surface area contributed by atoms with Gasteiger partial charge in [0.2, 0.25) is 0 Å². The van der Waals surface area contributed by atoms with Crippen molar-refractivity contribution >= 4 is 44.9 Å². The van der Waals surface area contributed by atoms with E-state index in [0.29, 0.717) is 17.0 Å². The summed E-state index contributed by atoms with van der Waals surface area (Å²) in [5.41, 5.74) is 0.585. The normalized spacial score (nSPS) is 19.8. The molecule has 172 valence electrons. The lowest BCUT2D eigenvalue weighted by molar-refractivity contribution is -0.140. The number of carboxylic acid groups (broad SMARTS) is 2. The molecule has 1 aliphatic rings. The van der Waals surface area contributed by atoms with E-state index < -0.39 is 33.4 Å². The molecule has 0 amide bonds. The maximum atomic E-state index is 13.1. The van der Waals surface area contributed by atoms with E-state index in [-0.39, 0.29) is 17.1 Å². The van der Waals surface area contributed by atoms with Gasteiger partial charge in [0.05, 0.1) is 0 Å². The summed E-state index contributed by atoms with van der Waals surface area (Å²) < 4.78 is 28.6. The van der Waals surface area contributed by atoms with Crippen LogP contribution in [0.25, 0.3) is 10.4 Å². The number of aryl methyl sites for hydroxylation is 1. The van der Waals surface area contributed by atoms with Crippen molar-refractivity contribution in [3.63, 3.8) is 0 Å². The second-order valence-electron chi connectivity index (χ2n) is 7.90. The second-order valence-corrected chi connectivity index (χ2v) is 11.3. The Morgan fingerprint density at radius 3 is 2.48 bits per heavy atom. The zero-order valence-electron chi connectivity index (χ0n) is 17.2. The predicted molar refractivity (Wildman–Crippen MR) is 125 cm³/mol. The average Bonchev–Trinajstić information content (AvgIpc) is 3.26. The van der Waals surface area contributed by atoms with Gasteiger partial charge in [-0.2, -0.15) is 4.72 Å². The number of sulfonamides is 1. The molecule has 1 heterocycles. The van der Waals surface area contributed by atoms with Gasteiger partial charge in [0.25, 0.3) is 10.0 Å². The van der Waals surface area contributed by atoms with Gasteiger partial charge in [-0.3, -0.25) is 9.59 Å². The number of rotatable bonds is 9. The topological polar surface area (TPSA) is 121 Å². The molecule has 0 saturated heterocycles. The number of nitrogens with one attached hydrogen (secondary N) is 1. The molecule has 0 aliphatic heterocycles. The van der Waals surface area contributed by atoms with Gasteiger partial charge >= 0.3 is 11.9 Å². The first kappa shape index (κ1) is 23.4. The highest BCUT2D eigenvalue weighted by atomic mass is 35.5. The van der Waals surface area contributed by atoms with Gasteiger partial charge < -0.3 is 10.2 Å². The molecule has 3 aromatic rings. The van der Waals surface area contributed by atoms with Crippen LogP contribution in [0.3, 0.4) is 0 Å². The van der Waals surface area contributed by atoms with E-state index in [1.807, 2.05) is 0 Å². The van der Waals surface area contributed by atoms with Crippen molar-refractivity contribution < 1.29 is 28.2 Å². The number of aliphatic carboxylic acids is 2. The Morgan fingerprint density at radius 2 is 1.82 bits per heavy atom. The molecule has 0 radical (unpaired) electrons. The van der Waals surface area contributed by atoms with E-state index in [0.717, 1.165) is 27.3 Å². The Balaban J connectivity index is 1.56. The minimum Gasteiger partial charge on any atom is -0.481 e. The molecule has 0 bridgehead atoms. The number of benzene rings is 2. The molecule has 1 aromatic heterocycles. The summed E-state index contributed by atoms with van der Waals surface area (Å²) in [5, 5.41) is 19.3. The first-order chi connectivity index (χ1) is 15.6. The summed E-state index contributed by atoms with van der Waals surface area (Å²) in [6.45, 7) is 0. The number of carboxylic acids is 2. The van der Waals surface area contributed by atoms with E-state index in [1.165, 1.54) is 6.07 Å². The van der Waals surface area contributed by atoms with Gasteiger partial charge in [-0.05, 0) is 53.8 Å². The molecular formula is C23H20ClNO6S2. The Kier molecular flexibility index (Phi) is 6.32. The van der Waals surface area contributed by atoms with E-state index in [1.54, 1.807) is 54.6 Å². The van der Waals surface area contributed by atoms with Crippen LogP contribution in [-0.2, 0) is 26.0 Å². The lowest BCUT2D eigenvalue weighted by Crippen LogP contribution is -2.44. The number of hydrogen-bond acceptors (Lipinski definition) is 5. The third-order valence-electron chi connectivity index (χ3n) is 5.61. The van der Waals surface area contributed by atoms with Gasteiger partial charge in [-0.25, -0.2) is 8.42 Å². The molecule has 2 atom stereocenters. The Bertz CT molecular complexity index is 1320. The third-order valence-corrected chi connectivity index (χ3v) is 9.00. The summed E-state index contributed by atoms with van der Waals surface area (Å²) in [6, 6.07) is 17.1. The summed E-state index contributed by atoms with van der Waals surface area (Å²) in [5.74, 6) is -2.72. The van der Waals surface area contributed by atoms with Gasteiger partial charge in [-0.1, -0.05) is 48.0 Å². The lowest BCUT2D eigenvalue weighted by Gasteiger charge is -2.15. The number of hydrogen-bond donors (Lipinski definition) is 3. The van der Waals surface area contributed by atoms with Crippen molar-refractivity contribution in [1.82, 2.24) is 4.72 Å². The number of thiophene rings is 1. The maximum absolute atomic E-state index is 13.1. The lowest BCUT2D eigenvalue weighted by atomic mass is 10.0. The minimum absolute atomic E-state index is 0.0222. The van der Waals surface area contributed by atoms with Gasteiger partial charge in [-0.15, -0.1) is 11.3 Å². The highest BCUT2D eigenvalue weighted by molar-refractivity contribution is 7.91. The van der Waals surface area contributed by atoms with Gasteiger partial charge in [0.15, 0.2) is 0 Å². The van der Waals surface area contributed by atoms with Crippen molar-refractivity contribution in [2.75, 3.05) is 0 Å². The zero-order valence-corrected chi connectivity index (χ0v) is 19.6. The molecule has 1 fully saturated rings. The second kappa shape index (κ2) is 8.90. The highest BCUT2D eigenvalue weighted by Gasteiger charge is 2.63. The SMILES string of the molecule is O=C(O)CCc1cccc([C@@H]2C[C@]2(NS(=O)(=O)c2ccc(-c3ccc(Cl)cc3)s2)C(=O)O)c1. The fourth-order valence-electron chi connectivity index (χ4n) is 3.80. The summed E-state index contributed by atoms with van der Waals surface area (Å²) in [6.07, 6.45) is 0.378. The van der Waals surface area contributed by atoms with Crippen molar-refractivity contribution in [2.45, 2.75) is 34.9 Å². The fraction of sp³-hybridized carbons (Fsp3) is 0.217. The predicted octanol–water partition coefficient (Wildman–Crippen LogP) is 4.37. The van der Waals surface area contributed by atoms with Crippen molar-refractivity contribution in [3.05, 3.63) is 76.8 Å². The van der Waals surface area contributed by atoms with Crippen LogP contribution in [-0.4, -0.2) is 36.1 Å². The third kappa shape index (κ3) is 4.96. The van der Waals surface area contributed by atoms with Crippen LogP contribution in [0.15, 0.2) is 64.9 Å². The summed E-state index contributed by atoms with van der Waals surface area (Å²) in [7, 11) is -4.08. The van der Waals surface area contributed by atoms with Crippen LogP contribution in [0, 0.1) is 0 Å². The zero-order chi connectivity index (χ0) is 23.8. The van der Waals surface area contributed by atoms with Gasteiger partial charge in [0.1, 0.15) is 9.75 Å². The quantitative estimate of drug-likeness (QED) is 0.397.